The highest BCUT2D eigenvalue weighted by Gasteiger charge is 2.19. The molecule has 4 heteroatoms. The van der Waals surface area contributed by atoms with Crippen LogP contribution in [0.25, 0.3) is 0 Å². The molecule has 2 atom stereocenters. The third-order valence-electron chi connectivity index (χ3n) is 3.36. The highest BCUT2D eigenvalue weighted by Crippen LogP contribution is 2.18. The third kappa shape index (κ3) is 2.83. The predicted molar refractivity (Wildman–Crippen MR) is 63.0 cm³/mol. The summed E-state index contributed by atoms with van der Waals surface area (Å²) in [5.41, 5.74) is 1.22. The van der Waals surface area contributed by atoms with Gasteiger partial charge in [0.25, 0.3) is 0 Å². The van der Waals surface area contributed by atoms with Gasteiger partial charge in [-0.1, -0.05) is 0 Å². The molecule has 0 spiro atoms. The molecule has 2 rings (SSSR count). The maximum atomic E-state index is 9.58. The highest BCUT2D eigenvalue weighted by atomic mass is 16.3. The van der Waals surface area contributed by atoms with Crippen molar-refractivity contribution < 1.29 is 5.11 Å². The molecule has 90 valence electrons. The second-order valence-electron chi connectivity index (χ2n) is 4.57. The van der Waals surface area contributed by atoms with Crippen LogP contribution in [-0.4, -0.2) is 26.8 Å². The van der Waals surface area contributed by atoms with Crippen molar-refractivity contribution in [3.63, 3.8) is 0 Å². The summed E-state index contributed by atoms with van der Waals surface area (Å²) in [5.74, 6) is 0. The molecule has 0 radical (unpaired) electrons. The number of hydrogen-bond donors (Lipinski definition) is 2. The fraction of sp³-hybridized carbons (Fsp3) is 0.750. The van der Waals surface area contributed by atoms with Crippen molar-refractivity contribution in [3.05, 3.63) is 18.2 Å². The lowest BCUT2D eigenvalue weighted by Crippen LogP contribution is -2.35. The first-order chi connectivity index (χ1) is 7.79. The summed E-state index contributed by atoms with van der Waals surface area (Å²) in [7, 11) is 0. The Hall–Kier alpha value is -0.870. The molecular weight excluding hydrogens is 202 g/mol. The number of aliphatic hydroxyl groups is 1. The molecular formula is C12H21N3O. The van der Waals surface area contributed by atoms with Crippen LogP contribution in [0.2, 0.25) is 0 Å². The van der Waals surface area contributed by atoms with E-state index in [9.17, 15) is 5.11 Å². The minimum absolute atomic E-state index is 0.109. The molecule has 1 heterocycles. The molecule has 1 saturated carbocycles. The van der Waals surface area contributed by atoms with Crippen LogP contribution in [0.1, 0.15) is 38.3 Å². The predicted octanol–water partition coefficient (Wildman–Crippen LogP) is 1.30. The van der Waals surface area contributed by atoms with Gasteiger partial charge >= 0.3 is 0 Å². The van der Waals surface area contributed by atoms with Crippen LogP contribution >= 0.6 is 0 Å². The van der Waals surface area contributed by atoms with Gasteiger partial charge in [0, 0.05) is 25.3 Å². The number of aryl methyl sites for hydroxylation is 1. The zero-order valence-electron chi connectivity index (χ0n) is 9.89. The zero-order chi connectivity index (χ0) is 11.4. The topological polar surface area (TPSA) is 50.1 Å². The molecule has 0 saturated heterocycles. The summed E-state index contributed by atoms with van der Waals surface area (Å²) in [6.45, 7) is 3.94. The van der Waals surface area contributed by atoms with Crippen LogP contribution in [0.3, 0.4) is 0 Å². The first kappa shape index (κ1) is 11.6. The van der Waals surface area contributed by atoms with Crippen LogP contribution in [0.4, 0.5) is 0 Å². The first-order valence-electron chi connectivity index (χ1n) is 6.20. The second kappa shape index (κ2) is 5.46. The van der Waals surface area contributed by atoms with Gasteiger partial charge in [0.2, 0.25) is 0 Å². The summed E-state index contributed by atoms with van der Waals surface area (Å²) in [5, 5.41) is 13.1. The Morgan fingerprint density at radius 3 is 3.19 bits per heavy atom. The summed E-state index contributed by atoms with van der Waals surface area (Å²) in [4.78, 5) is 4.15. The van der Waals surface area contributed by atoms with Gasteiger partial charge < -0.3 is 15.0 Å². The van der Waals surface area contributed by atoms with Crippen molar-refractivity contribution >= 4 is 0 Å². The van der Waals surface area contributed by atoms with Crippen molar-refractivity contribution in [1.29, 1.82) is 0 Å². The number of hydrogen-bond acceptors (Lipinski definition) is 3. The largest absolute Gasteiger partial charge is 0.393 e. The number of nitrogens with one attached hydrogen (secondary N) is 1. The molecule has 1 aromatic rings. The molecule has 4 nitrogen and oxygen atoms in total. The van der Waals surface area contributed by atoms with E-state index in [1.807, 2.05) is 12.5 Å². The molecule has 1 aromatic heterocycles. The van der Waals surface area contributed by atoms with Crippen LogP contribution in [0.15, 0.2) is 12.5 Å². The van der Waals surface area contributed by atoms with Gasteiger partial charge in [-0.2, -0.15) is 0 Å². The monoisotopic (exact) mass is 223 g/mol. The van der Waals surface area contributed by atoms with Gasteiger partial charge in [0.15, 0.2) is 0 Å². The molecule has 0 aliphatic heterocycles. The summed E-state index contributed by atoms with van der Waals surface area (Å²) in [6, 6.07) is 0.462. The SMILES string of the molecule is CCn1cncc1CNC1CCCC(O)C1. The third-order valence-corrected chi connectivity index (χ3v) is 3.36. The van der Waals surface area contributed by atoms with Gasteiger partial charge in [-0.3, -0.25) is 0 Å². The molecule has 2 N–H and O–H groups in total. The van der Waals surface area contributed by atoms with Crippen molar-refractivity contribution in [3.8, 4) is 0 Å². The van der Waals surface area contributed by atoms with Crippen LogP contribution in [-0.2, 0) is 13.1 Å². The minimum Gasteiger partial charge on any atom is -0.393 e. The highest BCUT2D eigenvalue weighted by molar-refractivity contribution is 4.98. The number of rotatable bonds is 4. The number of imidazole rings is 1. The van der Waals surface area contributed by atoms with Crippen LogP contribution in [0, 0.1) is 0 Å². The normalized spacial score (nSPS) is 25.9. The maximum absolute atomic E-state index is 9.58. The number of aromatic nitrogens is 2. The van der Waals surface area contributed by atoms with Gasteiger partial charge in [0.05, 0.1) is 18.1 Å². The molecule has 2 unspecified atom stereocenters. The fourth-order valence-corrected chi connectivity index (χ4v) is 2.38. The lowest BCUT2D eigenvalue weighted by molar-refractivity contribution is 0.111. The van der Waals surface area contributed by atoms with E-state index < -0.39 is 0 Å². The average molecular weight is 223 g/mol. The van der Waals surface area contributed by atoms with E-state index in [-0.39, 0.29) is 6.10 Å². The molecule has 0 amide bonds. The van der Waals surface area contributed by atoms with Crippen molar-refractivity contribution in [2.75, 3.05) is 0 Å². The van der Waals surface area contributed by atoms with Crippen molar-refractivity contribution in [1.82, 2.24) is 14.9 Å². The lowest BCUT2D eigenvalue weighted by Gasteiger charge is -2.26. The van der Waals surface area contributed by atoms with E-state index in [0.29, 0.717) is 6.04 Å². The van der Waals surface area contributed by atoms with Gasteiger partial charge in [-0.25, -0.2) is 4.98 Å². The van der Waals surface area contributed by atoms with E-state index in [0.717, 1.165) is 32.4 Å². The Morgan fingerprint density at radius 2 is 2.44 bits per heavy atom. The maximum Gasteiger partial charge on any atom is 0.0948 e. The first-order valence-corrected chi connectivity index (χ1v) is 6.20. The smallest absolute Gasteiger partial charge is 0.0948 e. The van der Waals surface area contributed by atoms with E-state index >= 15 is 0 Å². The summed E-state index contributed by atoms with van der Waals surface area (Å²) >= 11 is 0. The fourth-order valence-electron chi connectivity index (χ4n) is 2.38. The Morgan fingerprint density at radius 1 is 1.56 bits per heavy atom. The summed E-state index contributed by atoms with van der Waals surface area (Å²) in [6.07, 6.45) is 7.83. The quantitative estimate of drug-likeness (QED) is 0.809. The van der Waals surface area contributed by atoms with Crippen molar-refractivity contribution in [2.24, 2.45) is 0 Å². The van der Waals surface area contributed by atoms with Gasteiger partial charge in [-0.05, 0) is 32.6 Å². The molecule has 16 heavy (non-hydrogen) atoms. The van der Waals surface area contributed by atoms with Crippen LogP contribution in [0.5, 0.6) is 0 Å². The van der Waals surface area contributed by atoms with E-state index in [1.165, 1.54) is 12.1 Å². The molecule has 0 bridgehead atoms. The lowest BCUT2D eigenvalue weighted by atomic mass is 9.93. The Balaban J connectivity index is 1.82. The average Bonchev–Trinajstić information content (AvgIpc) is 2.74. The molecule has 1 fully saturated rings. The zero-order valence-corrected chi connectivity index (χ0v) is 9.89. The number of nitrogens with zero attached hydrogens (tertiary/aromatic N) is 2. The Bertz CT molecular complexity index is 324. The molecule has 0 aromatic carbocycles. The van der Waals surface area contributed by atoms with Crippen LogP contribution < -0.4 is 5.32 Å². The standard InChI is InChI=1S/C12H21N3O/c1-2-15-9-13-7-11(15)8-14-10-4-3-5-12(16)6-10/h7,9-10,12,14,16H,2-6,8H2,1H3. The Labute approximate surface area is 96.7 Å². The molecule has 1 aliphatic carbocycles. The van der Waals surface area contributed by atoms with Gasteiger partial charge in [-0.15, -0.1) is 0 Å². The van der Waals surface area contributed by atoms with E-state index in [1.54, 1.807) is 0 Å². The Kier molecular flexibility index (Phi) is 3.96. The molecule has 1 aliphatic rings. The van der Waals surface area contributed by atoms with Gasteiger partial charge in [0.1, 0.15) is 0 Å². The minimum atomic E-state index is -0.109. The van der Waals surface area contributed by atoms with E-state index in [4.69, 9.17) is 0 Å². The number of aliphatic hydroxyl groups excluding tert-OH is 1. The van der Waals surface area contributed by atoms with Crippen molar-refractivity contribution in [2.45, 2.75) is 57.8 Å². The second-order valence-corrected chi connectivity index (χ2v) is 4.57. The van der Waals surface area contributed by atoms with E-state index in [2.05, 4.69) is 21.8 Å². The summed E-state index contributed by atoms with van der Waals surface area (Å²) < 4.78 is 2.15.